The van der Waals surface area contributed by atoms with Gasteiger partial charge in [0, 0.05) is 57.7 Å². The maximum absolute atomic E-state index is 12.4. The molecule has 0 saturated heterocycles. The summed E-state index contributed by atoms with van der Waals surface area (Å²) in [5.41, 5.74) is 0. The molecule has 4 N–H and O–H groups in total. The number of carbonyl (C=O) groups is 7. The molecule has 0 aromatic heterocycles. The summed E-state index contributed by atoms with van der Waals surface area (Å²) in [5, 5.41) is 23.7. The van der Waals surface area contributed by atoms with Crippen molar-refractivity contribution in [1.29, 1.82) is 0 Å². The van der Waals surface area contributed by atoms with Crippen molar-refractivity contribution in [1.82, 2.24) is 10.6 Å². The van der Waals surface area contributed by atoms with Crippen molar-refractivity contribution in [3.63, 3.8) is 0 Å². The zero-order valence-corrected chi connectivity index (χ0v) is 37.1. The van der Waals surface area contributed by atoms with E-state index in [1.165, 1.54) is 44.9 Å². The van der Waals surface area contributed by atoms with Crippen molar-refractivity contribution in [2.75, 3.05) is 65.9 Å². The average molecular weight is 857 g/mol. The molecule has 0 saturated carbocycles. The zero-order valence-electron chi connectivity index (χ0n) is 37.1. The molecule has 0 aromatic carbocycles. The second-order valence-corrected chi connectivity index (χ2v) is 15.8. The summed E-state index contributed by atoms with van der Waals surface area (Å²) in [6.45, 7) is 5.88. The van der Waals surface area contributed by atoms with Gasteiger partial charge >= 0.3 is 11.9 Å². The molecule has 2 atom stereocenters. The van der Waals surface area contributed by atoms with Crippen molar-refractivity contribution >= 4 is 41.1 Å². The number of ether oxygens (including phenoxy) is 4. The second kappa shape index (κ2) is 41.1. The van der Waals surface area contributed by atoms with Crippen LogP contribution >= 0.6 is 0 Å². The highest BCUT2D eigenvalue weighted by molar-refractivity contribution is 5.84. The molecular formula is C45H80N2O13. The second-order valence-electron chi connectivity index (χ2n) is 15.8. The lowest BCUT2D eigenvalue weighted by Gasteiger charge is -2.12. The van der Waals surface area contributed by atoms with E-state index in [0.29, 0.717) is 39.0 Å². The highest BCUT2D eigenvalue weighted by atomic mass is 16.5. The molecule has 0 aliphatic rings. The number of aliphatic carboxylic acids is 2. The van der Waals surface area contributed by atoms with Gasteiger partial charge in [-0.05, 0) is 45.4 Å². The van der Waals surface area contributed by atoms with Crippen LogP contribution in [0.2, 0.25) is 0 Å². The van der Waals surface area contributed by atoms with Crippen LogP contribution in [0.25, 0.3) is 0 Å². The van der Waals surface area contributed by atoms with Crippen molar-refractivity contribution in [3.05, 3.63) is 0 Å². The summed E-state index contributed by atoms with van der Waals surface area (Å²) in [6, 6.07) is 0. The highest BCUT2D eigenvalue weighted by Crippen LogP contribution is 2.17. The quantitative estimate of drug-likeness (QED) is 0.0464. The Morgan fingerprint density at radius 3 is 1.53 bits per heavy atom. The van der Waals surface area contributed by atoms with Crippen LogP contribution in [-0.4, -0.2) is 117 Å². The Hall–Kier alpha value is -3.27. The SMILES string of the molecule is CC(=O)[C@@H](C)CCCCNC(=O)COCCOCCCC(=O)COCCOCCNC(=O)CC[C@H](CC(=O)CCCCCCCCCCCCCCCCC(=O)O)C(=O)O. The van der Waals surface area contributed by atoms with E-state index in [1.807, 2.05) is 6.92 Å². The Kier molecular flexibility index (Phi) is 38.9. The fourth-order valence-corrected chi connectivity index (χ4v) is 6.36. The molecule has 0 unspecified atom stereocenters. The number of carbonyl (C=O) groups excluding carboxylic acids is 5. The van der Waals surface area contributed by atoms with E-state index in [1.54, 1.807) is 6.92 Å². The summed E-state index contributed by atoms with van der Waals surface area (Å²) in [6.07, 6.45) is 19.4. The number of amides is 2. The van der Waals surface area contributed by atoms with E-state index in [-0.39, 0.29) is 107 Å². The lowest BCUT2D eigenvalue weighted by Crippen LogP contribution is -2.29. The fraction of sp³-hybridized carbons (Fsp3) is 0.844. The minimum atomic E-state index is -1.07. The van der Waals surface area contributed by atoms with Gasteiger partial charge < -0.3 is 39.8 Å². The van der Waals surface area contributed by atoms with Crippen LogP contribution in [-0.2, 0) is 52.5 Å². The maximum atomic E-state index is 12.4. The molecule has 0 aromatic rings. The average Bonchev–Trinajstić information content (AvgIpc) is 3.20. The smallest absolute Gasteiger partial charge is 0.306 e. The van der Waals surface area contributed by atoms with Gasteiger partial charge in [0.15, 0.2) is 5.78 Å². The molecule has 60 heavy (non-hydrogen) atoms. The van der Waals surface area contributed by atoms with Gasteiger partial charge in [-0.25, -0.2) is 0 Å². The standard InChI is InChI=1S/C45H80N2O13/c1-37(38(2)48)20-17-18-26-46-43(52)36-60-33-30-57-28-19-22-41(50)35-59-32-31-58-29-27-47-42(51)25-24-39(45(55)56)34-40(49)21-15-13-11-9-7-5-3-4-6-8-10-12-14-16-23-44(53)54/h37,39H,3-36H2,1-2H3,(H,46,52)(H,47,51)(H,53,54)(H,55,56)/t37-,39+/m0/s1. The van der Waals surface area contributed by atoms with Crippen LogP contribution < -0.4 is 10.6 Å². The third-order valence-electron chi connectivity index (χ3n) is 10.3. The van der Waals surface area contributed by atoms with Gasteiger partial charge in [0.1, 0.15) is 24.8 Å². The molecule has 15 heteroatoms. The molecule has 0 radical (unpaired) electrons. The van der Waals surface area contributed by atoms with Crippen molar-refractivity contribution in [2.45, 2.75) is 168 Å². The Bertz CT molecular complexity index is 1170. The lowest BCUT2D eigenvalue weighted by molar-refractivity contribution is -0.144. The van der Waals surface area contributed by atoms with Crippen LogP contribution in [0.4, 0.5) is 0 Å². The largest absolute Gasteiger partial charge is 0.481 e. The minimum absolute atomic E-state index is 0.00716. The molecule has 0 heterocycles. The highest BCUT2D eigenvalue weighted by Gasteiger charge is 2.22. The van der Waals surface area contributed by atoms with Crippen molar-refractivity contribution in [2.24, 2.45) is 11.8 Å². The first-order valence-electron chi connectivity index (χ1n) is 22.7. The van der Waals surface area contributed by atoms with Crippen molar-refractivity contribution in [3.8, 4) is 0 Å². The first-order chi connectivity index (χ1) is 28.9. The van der Waals surface area contributed by atoms with Gasteiger partial charge in [0.25, 0.3) is 0 Å². The molecule has 2 amide bonds. The third-order valence-corrected chi connectivity index (χ3v) is 10.3. The Balaban J connectivity index is 3.65. The summed E-state index contributed by atoms with van der Waals surface area (Å²) < 4.78 is 21.5. The van der Waals surface area contributed by atoms with Crippen molar-refractivity contribution < 1.29 is 62.7 Å². The fourth-order valence-electron chi connectivity index (χ4n) is 6.36. The zero-order chi connectivity index (χ0) is 44.5. The third kappa shape index (κ3) is 40.2. The number of carboxylic acids is 2. The molecular weight excluding hydrogens is 776 g/mol. The number of Topliss-reactive ketones (excluding diaryl/α,β-unsaturated/α-hetero) is 3. The number of unbranched alkanes of at least 4 members (excludes halogenated alkanes) is 14. The molecule has 0 rings (SSSR count). The molecule has 0 aliphatic heterocycles. The predicted octanol–water partition coefficient (Wildman–Crippen LogP) is 6.80. The number of hydrogen-bond donors (Lipinski definition) is 4. The Morgan fingerprint density at radius 1 is 0.467 bits per heavy atom. The van der Waals surface area contributed by atoms with Gasteiger partial charge in [-0.1, -0.05) is 90.4 Å². The first kappa shape index (κ1) is 56.7. The molecule has 0 spiro atoms. The molecule has 0 fully saturated rings. The Morgan fingerprint density at radius 2 is 0.967 bits per heavy atom. The lowest BCUT2D eigenvalue weighted by atomic mass is 9.94. The first-order valence-corrected chi connectivity index (χ1v) is 22.7. The van der Waals surface area contributed by atoms with E-state index < -0.39 is 17.9 Å². The number of rotatable bonds is 46. The summed E-state index contributed by atoms with van der Waals surface area (Å²) >= 11 is 0. The normalized spacial score (nSPS) is 12.2. The van der Waals surface area contributed by atoms with E-state index in [2.05, 4.69) is 10.6 Å². The number of nitrogens with one attached hydrogen (secondary N) is 2. The Labute approximate surface area is 359 Å². The van der Waals surface area contributed by atoms with E-state index in [0.717, 1.165) is 64.2 Å². The van der Waals surface area contributed by atoms with Gasteiger partial charge in [0.05, 0.1) is 39.0 Å². The molecule has 0 aliphatic carbocycles. The topological polar surface area (TPSA) is 221 Å². The van der Waals surface area contributed by atoms with Crippen LogP contribution in [0.15, 0.2) is 0 Å². The predicted molar refractivity (Wildman–Crippen MR) is 229 cm³/mol. The summed E-state index contributed by atoms with van der Waals surface area (Å²) in [4.78, 5) is 81.9. The number of carboxylic acid groups (broad SMARTS) is 2. The van der Waals surface area contributed by atoms with E-state index in [4.69, 9.17) is 24.1 Å². The summed E-state index contributed by atoms with van der Waals surface area (Å²) in [5.74, 6) is -3.05. The maximum Gasteiger partial charge on any atom is 0.306 e. The van der Waals surface area contributed by atoms with Gasteiger partial charge in [-0.2, -0.15) is 0 Å². The van der Waals surface area contributed by atoms with Gasteiger partial charge in [-0.3, -0.25) is 33.6 Å². The van der Waals surface area contributed by atoms with Gasteiger partial charge in [0.2, 0.25) is 11.8 Å². The van der Waals surface area contributed by atoms with Crippen LogP contribution in [0, 0.1) is 11.8 Å². The molecule has 348 valence electrons. The summed E-state index contributed by atoms with van der Waals surface area (Å²) in [7, 11) is 0. The number of ketones is 3. The molecule has 15 nitrogen and oxygen atoms in total. The molecule has 0 bridgehead atoms. The number of hydrogen-bond acceptors (Lipinski definition) is 11. The van der Waals surface area contributed by atoms with Crippen LogP contribution in [0.5, 0.6) is 0 Å². The van der Waals surface area contributed by atoms with Gasteiger partial charge in [-0.15, -0.1) is 0 Å². The van der Waals surface area contributed by atoms with E-state index in [9.17, 15) is 38.7 Å². The van der Waals surface area contributed by atoms with Crippen LogP contribution in [0.3, 0.4) is 0 Å². The minimum Gasteiger partial charge on any atom is -0.481 e. The van der Waals surface area contributed by atoms with Crippen LogP contribution in [0.1, 0.15) is 168 Å². The van der Waals surface area contributed by atoms with E-state index >= 15 is 0 Å². The monoisotopic (exact) mass is 857 g/mol.